The minimum absolute atomic E-state index is 0.322. The number of rotatable bonds is 3. The number of hydrogen-bond donors (Lipinski definition) is 0. The van der Waals surface area contributed by atoms with E-state index in [0.717, 1.165) is 16.8 Å². The summed E-state index contributed by atoms with van der Waals surface area (Å²) in [5.41, 5.74) is 2.73. The van der Waals surface area contributed by atoms with E-state index in [1.165, 1.54) is 4.90 Å². The van der Waals surface area contributed by atoms with E-state index in [1.807, 2.05) is 43.3 Å². The van der Waals surface area contributed by atoms with Crippen LogP contribution in [0.15, 0.2) is 66.7 Å². The topological polar surface area (TPSA) is 67.6 Å². The zero-order valence-electron chi connectivity index (χ0n) is 19.2. The molecule has 0 N–H and O–H groups in total. The molecule has 2 unspecified atom stereocenters. The summed E-state index contributed by atoms with van der Waals surface area (Å²) in [6.45, 7) is 2.88. The van der Waals surface area contributed by atoms with E-state index in [2.05, 4.69) is 11.0 Å². The van der Waals surface area contributed by atoms with Gasteiger partial charge in [-0.05, 0) is 55.0 Å². The number of urea groups is 1. The van der Waals surface area contributed by atoms with Gasteiger partial charge in [-0.1, -0.05) is 53.0 Å². The van der Waals surface area contributed by atoms with Gasteiger partial charge >= 0.3 is 6.03 Å². The van der Waals surface area contributed by atoms with Crippen LogP contribution in [0.2, 0.25) is 10.0 Å². The lowest BCUT2D eigenvalue weighted by atomic mass is 9.80. The van der Waals surface area contributed by atoms with E-state index in [-0.39, 0.29) is 11.8 Å². The first-order chi connectivity index (χ1) is 16.7. The molecule has 35 heavy (non-hydrogen) atoms. The minimum Gasteiger partial charge on any atom is -0.368 e. The second-order valence-electron chi connectivity index (χ2n) is 9.04. The van der Waals surface area contributed by atoms with Crippen molar-refractivity contribution in [2.24, 2.45) is 0 Å². The predicted molar refractivity (Wildman–Crippen MR) is 137 cm³/mol. The molecule has 1 spiro atoms. The third-order valence-electron chi connectivity index (χ3n) is 7.01. The number of carbonyl (C=O) groups is 2. The fourth-order valence-electron chi connectivity index (χ4n) is 5.16. The predicted octanol–water partition coefficient (Wildman–Crippen LogP) is 5.61. The maximum Gasteiger partial charge on any atom is 0.332 e. The molecule has 2 atom stereocenters. The van der Waals surface area contributed by atoms with E-state index in [9.17, 15) is 14.9 Å². The standard InChI is InChI=1S/C27H22Cl2N4O2/c1-17-3-9-22(10-4-17)32-15-24(19-7-5-18(14-30)6-8-19)27(16-32)25(34)33(26(35)31(27)2)23-12-20(28)11-21(29)13-23/h3-13,24H,15-16H2,1-2H3. The van der Waals surface area contributed by atoms with Gasteiger partial charge in [0.2, 0.25) is 0 Å². The Morgan fingerprint density at radius 1 is 0.943 bits per heavy atom. The highest BCUT2D eigenvalue weighted by Crippen LogP contribution is 2.47. The van der Waals surface area contributed by atoms with Crippen molar-refractivity contribution in [3.8, 4) is 6.07 Å². The highest BCUT2D eigenvalue weighted by Gasteiger charge is 2.64. The lowest BCUT2D eigenvalue weighted by Crippen LogP contribution is -2.53. The van der Waals surface area contributed by atoms with Crippen LogP contribution in [0.5, 0.6) is 0 Å². The van der Waals surface area contributed by atoms with Crippen LogP contribution in [0.25, 0.3) is 0 Å². The average molecular weight is 505 g/mol. The molecule has 2 aliphatic heterocycles. The lowest BCUT2D eigenvalue weighted by molar-refractivity contribution is -0.124. The monoisotopic (exact) mass is 504 g/mol. The van der Waals surface area contributed by atoms with Crippen LogP contribution < -0.4 is 9.80 Å². The minimum atomic E-state index is -1.15. The Labute approximate surface area is 213 Å². The molecule has 3 aromatic carbocycles. The number of nitrogens with zero attached hydrogens (tertiary/aromatic N) is 4. The normalized spacial score (nSPS) is 21.8. The first kappa shape index (κ1) is 23.2. The fourth-order valence-corrected chi connectivity index (χ4v) is 5.67. The smallest absolute Gasteiger partial charge is 0.332 e. The molecular formula is C27H22Cl2N4O2. The molecule has 8 heteroatoms. The summed E-state index contributed by atoms with van der Waals surface area (Å²) >= 11 is 12.4. The number of aryl methyl sites for hydroxylation is 1. The van der Waals surface area contributed by atoms with Gasteiger partial charge in [-0.3, -0.25) is 4.79 Å². The molecule has 6 nitrogen and oxygen atoms in total. The highest BCUT2D eigenvalue weighted by atomic mass is 35.5. The second-order valence-corrected chi connectivity index (χ2v) is 9.91. The van der Waals surface area contributed by atoms with Gasteiger partial charge in [0.05, 0.1) is 23.9 Å². The van der Waals surface area contributed by atoms with Gasteiger partial charge in [-0.25, -0.2) is 9.69 Å². The van der Waals surface area contributed by atoms with E-state index in [0.29, 0.717) is 34.4 Å². The van der Waals surface area contributed by atoms with Gasteiger partial charge in [-0.2, -0.15) is 5.26 Å². The largest absolute Gasteiger partial charge is 0.368 e. The van der Waals surface area contributed by atoms with Crippen molar-refractivity contribution in [3.05, 3.63) is 93.5 Å². The molecule has 0 radical (unpaired) electrons. The number of anilines is 2. The molecule has 2 saturated heterocycles. The summed E-state index contributed by atoms with van der Waals surface area (Å²) in [5, 5.41) is 9.92. The van der Waals surface area contributed by atoms with Crippen molar-refractivity contribution in [2.45, 2.75) is 18.4 Å². The van der Waals surface area contributed by atoms with Crippen LogP contribution in [-0.4, -0.2) is 42.5 Å². The molecule has 0 aromatic heterocycles. The number of carbonyl (C=O) groups excluding carboxylic acids is 2. The average Bonchev–Trinajstić information content (AvgIpc) is 3.32. The third-order valence-corrected chi connectivity index (χ3v) is 7.44. The first-order valence-electron chi connectivity index (χ1n) is 11.1. The van der Waals surface area contributed by atoms with E-state index < -0.39 is 11.6 Å². The Kier molecular flexibility index (Phi) is 5.71. The molecule has 2 fully saturated rings. The van der Waals surface area contributed by atoms with Crippen molar-refractivity contribution < 1.29 is 9.59 Å². The molecule has 5 rings (SSSR count). The number of imide groups is 1. The lowest BCUT2D eigenvalue weighted by Gasteiger charge is -2.33. The number of benzene rings is 3. The quantitative estimate of drug-likeness (QED) is 0.434. The number of likely N-dealkylation sites (N-methyl/N-ethyl adjacent to an activating group) is 1. The number of halogens is 2. The Morgan fingerprint density at radius 3 is 2.17 bits per heavy atom. The summed E-state index contributed by atoms with van der Waals surface area (Å²) in [4.78, 5) is 32.6. The maximum atomic E-state index is 14.2. The van der Waals surface area contributed by atoms with Crippen LogP contribution in [0, 0.1) is 18.3 Å². The summed E-state index contributed by atoms with van der Waals surface area (Å²) in [5.74, 6) is -0.648. The van der Waals surface area contributed by atoms with Crippen molar-refractivity contribution in [2.75, 3.05) is 29.9 Å². The van der Waals surface area contributed by atoms with Crippen molar-refractivity contribution in [1.82, 2.24) is 4.90 Å². The Morgan fingerprint density at radius 2 is 1.57 bits per heavy atom. The molecule has 3 amide bonds. The summed E-state index contributed by atoms with van der Waals surface area (Å²) < 4.78 is 0. The highest BCUT2D eigenvalue weighted by molar-refractivity contribution is 6.35. The molecule has 0 aliphatic carbocycles. The van der Waals surface area contributed by atoms with Crippen molar-refractivity contribution in [3.63, 3.8) is 0 Å². The van der Waals surface area contributed by atoms with Gasteiger partial charge in [0, 0.05) is 35.2 Å². The van der Waals surface area contributed by atoms with Crippen LogP contribution in [0.1, 0.15) is 22.6 Å². The fraction of sp³-hybridized carbons (Fsp3) is 0.222. The van der Waals surface area contributed by atoms with Gasteiger partial charge < -0.3 is 9.80 Å². The molecular weight excluding hydrogens is 483 g/mol. The molecule has 0 saturated carbocycles. The maximum absolute atomic E-state index is 14.2. The van der Waals surface area contributed by atoms with Crippen LogP contribution >= 0.6 is 23.2 Å². The zero-order chi connectivity index (χ0) is 24.9. The molecule has 176 valence electrons. The molecule has 2 heterocycles. The summed E-state index contributed by atoms with van der Waals surface area (Å²) in [6.07, 6.45) is 0. The first-order valence-corrected chi connectivity index (χ1v) is 11.9. The Bertz CT molecular complexity index is 1350. The number of amides is 3. The molecule has 3 aromatic rings. The van der Waals surface area contributed by atoms with Crippen molar-refractivity contribution >= 4 is 46.5 Å². The third kappa shape index (κ3) is 3.72. The molecule has 2 aliphatic rings. The van der Waals surface area contributed by atoms with Gasteiger partial charge in [0.15, 0.2) is 0 Å². The SMILES string of the molecule is Cc1ccc(N2CC(c3ccc(C#N)cc3)C3(C2)C(=O)N(c2cc(Cl)cc(Cl)c2)C(=O)N3C)cc1. The Balaban J connectivity index is 1.63. The van der Waals surface area contributed by atoms with Gasteiger partial charge in [0.1, 0.15) is 5.54 Å². The van der Waals surface area contributed by atoms with E-state index in [1.54, 1.807) is 42.3 Å². The molecule has 0 bridgehead atoms. The van der Waals surface area contributed by atoms with Crippen LogP contribution in [-0.2, 0) is 4.79 Å². The van der Waals surface area contributed by atoms with Crippen LogP contribution in [0.3, 0.4) is 0 Å². The van der Waals surface area contributed by atoms with Gasteiger partial charge in [-0.15, -0.1) is 0 Å². The van der Waals surface area contributed by atoms with Gasteiger partial charge in [0.25, 0.3) is 5.91 Å². The summed E-state index contributed by atoms with van der Waals surface area (Å²) in [7, 11) is 1.67. The van der Waals surface area contributed by atoms with Crippen LogP contribution in [0.4, 0.5) is 16.2 Å². The number of nitriles is 1. The van der Waals surface area contributed by atoms with Crippen molar-refractivity contribution in [1.29, 1.82) is 5.26 Å². The van der Waals surface area contributed by atoms with E-state index >= 15 is 0 Å². The summed E-state index contributed by atoms with van der Waals surface area (Å²) in [6, 6.07) is 21.7. The number of hydrogen-bond acceptors (Lipinski definition) is 4. The zero-order valence-corrected chi connectivity index (χ0v) is 20.7. The Hall–Kier alpha value is -3.53. The second kappa shape index (κ2) is 8.60. The van der Waals surface area contributed by atoms with E-state index in [4.69, 9.17) is 23.2 Å².